The first-order valence-electron chi connectivity index (χ1n) is 6.79. The number of benzene rings is 1. The second-order valence-electron chi connectivity index (χ2n) is 4.97. The number of morpholine rings is 1. The number of hydrogen-bond acceptors (Lipinski definition) is 4. The van der Waals surface area contributed by atoms with Gasteiger partial charge in [-0.1, -0.05) is 12.1 Å². The molecule has 0 spiro atoms. The average molecular weight is 273 g/mol. The van der Waals surface area contributed by atoms with Crippen molar-refractivity contribution in [1.29, 1.82) is 5.26 Å². The molecule has 1 aliphatic rings. The summed E-state index contributed by atoms with van der Waals surface area (Å²) >= 11 is 0. The van der Waals surface area contributed by atoms with Gasteiger partial charge >= 0.3 is 0 Å². The molecular formula is C15H19N3O2. The van der Waals surface area contributed by atoms with Crippen LogP contribution in [-0.4, -0.2) is 43.2 Å². The molecule has 1 aromatic rings. The van der Waals surface area contributed by atoms with Crippen molar-refractivity contribution < 1.29 is 9.53 Å². The Kier molecular flexibility index (Phi) is 5.10. The van der Waals surface area contributed by atoms with Crippen LogP contribution in [-0.2, 0) is 16.0 Å². The van der Waals surface area contributed by atoms with Crippen LogP contribution in [0.5, 0.6) is 0 Å². The molecule has 1 aromatic carbocycles. The smallest absolute Gasteiger partial charge is 0.224 e. The van der Waals surface area contributed by atoms with Crippen molar-refractivity contribution in [3.63, 3.8) is 0 Å². The Morgan fingerprint density at radius 3 is 2.60 bits per heavy atom. The molecule has 0 aliphatic carbocycles. The molecule has 5 nitrogen and oxygen atoms in total. The van der Waals surface area contributed by atoms with Crippen molar-refractivity contribution in [3.05, 3.63) is 35.4 Å². The first kappa shape index (κ1) is 14.5. The van der Waals surface area contributed by atoms with Gasteiger partial charge in [-0.3, -0.25) is 4.79 Å². The Labute approximate surface area is 118 Å². The molecular weight excluding hydrogens is 254 g/mol. The molecule has 2 rings (SSSR count). The van der Waals surface area contributed by atoms with Crippen LogP contribution in [0.2, 0.25) is 0 Å². The van der Waals surface area contributed by atoms with Gasteiger partial charge in [-0.15, -0.1) is 0 Å². The molecule has 1 heterocycles. The number of amides is 1. The number of nitrogens with zero attached hydrogens (tertiary/aromatic N) is 2. The lowest BCUT2D eigenvalue weighted by atomic mass is 10.0. The largest absolute Gasteiger partial charge is 0.378 e. The fraction of sp³-hybridized carbons (Fsp3) is 0.467. The van der Waals surface area contributed by atoms with Gasteiger partial charge in [0.15, 0.2) is 0 Å². The van der Waals surface area contributed by atoms with Crippen LogP contribution < -0.4 is 5.73 Å². The first-order valence-corrected chi connectivity index (χ1v) is 6.79. The number of hydrogen-bond donors (Lipinski definition) is 1. The van der Waals surface area contributed by atoms with E-state index >= 15 is 0 Å². The van der Waals surface area contributed by atoms with E-state index in [1.807, 2.05) is 17.0 Å². The highest BCUT2D eigenvalue weighted by Crippen LogP contribution is 2.09. The van der Waals surface area contributed by atoms with Gasteiger partial charge in [0.25, 0.3) is 0 Å². The number of carbonyl (C=O) groups excluding carboxylic acids is 1. The van der Waals surface area contributed by atoms with Crippen LogP contribution >= 0.6 is 0 Å². The summed E-state index contributed by atoms with van der Waals surface area (Å²) in [6.45, 7) is 2.53. The lowest BCUT2D eigenvalue weighted by Gasteiger charge is -2.27. The molecule has 1 aliphatic heterocycles. The molecule has 0 radical (unpaired) electrons. The monoisotopic (exact) mass is 273 g/mol. The fourth-order valence-corrected chi connectivity index (χ4v) is 2.26. The Balaban J connectivity index is 1.83. The van der Waals surface area contributed by atoms with E-state index in [1.165, 1.54) is 0 Å². The highest BCUT2D eigenvalue weighted by molar-refractivity contribution is 5.76. The molecule has 0 aromatic heterocycles. The summed E-state index contributed by atoms with van der Waals surface area (Å²) in [5.74, 6) is 0.0921. The minimum absolute atomic E-state index is 0.0921. The molecule has 2 N–H and O–H groups in total. The zero-order chi connectivity index (χ0) is 14.4. The van der Waals surface area contributed by atoms with E-state index < -0.39 is 0 Å². The van der Waals surface area contributed by atoms with E-state index in [9.17, 15) is 4.79 Å². The first-order chi connectivity index (χ1) is 9.69. The molecule has 1 amide bonds. The van der Waals surface area contributed by atoms with E-state index in [0.29, 0.717) is 44.7 Å². The second-order valence-corrected chi connectivity index (χ2v) is 4.97. The van der Waals surface area contributed by atoms with Crippen molar-refractivity contribution in [2.45, 2.75) is 18.9 Å². The molecule has 20 heavy (non-hydrogen) atoms. The molecule has 1 fully saturated rings. The maximum atomic E-state index is 12.0. The van der Waals surface area contributed by atoms with Gasteiger partial charge in [-0.05, 0) is 24.1 Å². The Bertz CT molecular complexity index is 487. The summed E-state index contributed by atoms with van der Waals surface area (Å²) in [6.07, 6.45) is 0.988. The third kappa shape index (κ3) is 4.05. The standard InChI is InChI=1S/C15H19N3O2/c16-11-13-3-1-12(2-4-13)9-14(17)10-15(19)18-5-7-20-8-6-18/h1-4,14H,5-10,17H2. The van der Waals surface area contributed by atoms with Crippen LogP contribution in [0.4, 0.5) is 0 Å². The maximum absolute atomic E-state index is 12.0. The Morgan fingerprint density at radius 1 is 1.35 bits per heavy atom. The molecule has 5 heteroatoms. The third-order valence-corrected chi connectivity index (χ3v) is 3.38. The van der Waals surface area contributed by atoms with Gasteiger partial charge in [0.05, 0.1) is 24.8 Å². The van der Waals surface area contributed by atoms with Gasteiger partial charge in [-0.2, -0.15) is 5.26 Å². The number of nitrogens with two attached hydrogens (primary N) is 1. The van der Waals surface area contributed by atoms with Crippen molar-refractivity contribution >= 4 is 5.91 Å². The van der Waals surface area contributed by atoms with E-state index in [2.05, 4.69) is 6.07 Å². The van der Waals surface area contributed by atoms with Crippen LogP contribution in [0.15, 0.2) is 24.3 Å². The minimum atomic E-state index is -0.196. The highest BCUT2D eigenvalue weighted by Gasteiger charge is 2.19. The molecule has 106 valence electrons. The number of ether oxygens (including phenoxy) is 1. The lowest BCUT2D eigenvalue weighted by molar-refractivity contribution is -0.135. The van der Waals surface area contributed by atoms with E-state index in [1.54, 1.807) is 12.1 Å². The second kappa shape index (κ2) is 7.04. The minimum Gasteiger partial charge on any atom is -0.378 e. The van der Waals surface area contributed by atoms with Crippen molar-refractivity contribution in [2.24, 2.45) is 5.73 Å². The van der Waals surface area contributed by atoms with Crippen LogP contribution in [0.1, 0.15) is 17.5 Å². The molecule has 1 unspecified atom stereocenters. The van der Waals surface area contributed by atoms with Gasteiger partial charge in [-0.25, -0.2) is 0 Å². The molecule has 0 saturated carbocycles. The Hall–Kier alpha value is -1.90. The molecule has 1 atom stereocenters. The predicted molar refractivity (Wildman–Crippen MR) is 74.9 cm³/mol. The van der Waals surface area contributed by atoms with E-state index in [-0.39, 0.29) is 11.9 Å². The average Bonchev–Trinajstić information content (AvgIpc) is 2.49. The van der Waals surface area contributed by atoms with Gasteiger partial charge in [0.1, 0.15) is 0 Å². The molecule has 0 bridgehead atoms. The molecule has 1 saturated heterocycles. The van der Waals surface area contributed by atoms with Gasteiger partial charge in [0, 0.05) is 25.6 Å². The summed E-state index contributed by atoms with van der Waals surface area (Å²) in [7, 11) is 0. The Morgan fingerprint density at radius 2 is 2.00 bits per heavy atom. The van der Waals surface area contributed by atoms with E-state index in [4.69, 9.17) is 15.7 Å². The SMILES string of the molecule is N#Cc1ccc(CC(N)CC(=O)N2CCOCC2)cc1. The topological polar surface area (TPSA) is 79.3 Å². The van der Waals surface area contributed by atoms with Crippen molar-refractivity contribution in [1.82, 2.24) is 4.90 Å². The fourth-order valence-electron chi connectivity index (χ4n) is 2.26. The van der Waals surface area contributed by atoms with Crippen LogP contribution in [0.25, 0.3) is 0 Å². The zero-order valence-electron chi connectivity index (χ0n) is 11.4. The van der Waals surface area contributed by atoms with Crippen molar-refractivity contribution in [2.75, 3.05) is 26.3 Å². The zero-order valence-corrected chi connectivity index (χ0v) is 11.4. The number of carbonyl (C=O) groups is 1. The number of nitriles is 1. The maximum Gasteiger partial charge on any atom is 0.224 e. The summed E-state index contributed by atoms with van der Waals surface area (Å²) in [5.41, 5.74) is 7.72. The number of rotatable bonds is 4. The summed E-state index contributed by atoms with van der Waals surface area (Å²) in [4.78, 5) is 13.9. The third-order valence-electron chi connectivity index (χ3n) is 3.38. The summed E-state index contributed by atoms with van der Waals surface area (Å²) in [6, 6.07) is 9.20. The highest BCUT2D eigenvalue weighted by atomic mass is 16.5. The van der Waals surface area contributed by atoms with E-state index in [0.717, 1.165) is 5.56 Å². The van der Waals surface area contributed by atoms with Gasteiger partial charge in [0.2, 0.25) is 5.91 Å². The summed E-state index contributed by atoms with van der Waals surface area (Å²) in [5, 5.41) is 8.74. The van der Waals surface area contributed by atoms with Gasteiger partial charge < -0.3 is 15.4 Å². The van der Waals surface area contributed by atoms with Crippen LogP contribution in [0, 0.1) is 11.3 Å². The predicted octanol–water partition coefficient (Wildman–Crippen LogP) is 0.677. The van der Waals surface area contributed by atoms with Crippen LogP contribution in [0.3, 0.4) is 0 Å². The normalized spacial score (nSPS) is 16.5. The quantitative estimate of drug-likeness (QED) is 0.874. The summed E-state index contributed by atoms with van der Waals surface area (Å²) < 4.78 is 5.22. The lowest BCUT2D eigenvalue weighted by Crippen LogP contribution is -2.43. The van der Waals surface area contributed by atoms with Crippen molar-refractivity contribution in [3.8, 4) is 6.07 Å².